The molecule has 2 rings (SSSR count). The molecule has 2 aromatic rings. The van der Waals surface area contributed by atoms with E-state index in [0.29, 0.717) is 12.5 Å². The van der Waals surface area contributed by atoms with Crippen molar-refractivity contribution in [2.24, 2.45) is 5.92 Å². The van der Waals surface area contributed by atoms with Crippen LogP contribution in [0.2, 0.25) is 0 Å². The van der Waals surface area contributed by atoms with Crippen LogP contribution in [-0.4, -0.2) is 22.3 Å². The molecule has 0 aromatic carbocycles. The molecule has 0 aliphatic heterocycles. The SMILES string of the molecule is CCC(C)C(O)CNCc1cccn1Cc1cccs1. The quantitative estimate of drug-likeness (QED) is 0.784. The fraction of sp³-hybridized carbons (Fsp3) is 0.500. The van der Waals surface area contributed by atoms with E-state index < -0.39 is 0 Å². The van der Waals surface area contributed by atoms with Crippen LogP contribution in [0.3, 0.4) is 0 Å². The van der Waals surface area contributed by atoms with Crippen molar-refractivity contribution < 1.29 is 5.11 Å². The number of nitrogens with zero attached hydrogens (tertiary/aromatic N) is 1. The summed E-state index contributed by atoms with van der Waals surface area (Å²) in [5.41, 5.74) is 1.26. The Morgan fingerprint density at radius 3 is 2.90 bits per heavy atom. The van der Waals surface area contributed by atoms with E-state index in [-0.39, 0.29) is 6.10 Å². The van der Waals surface area contributed by atoms with E-state index in [2.05, 4.69) is 59.6 Å². The molecule has 2 aromatic heterocycles. The van der Waals surface area contributed by atoms with Gasteiger partial charge in [-0.05, 0) is 29.5 Å². The van der Waals surface area contributed by atoms with Crippen LogP contribution in [0, 0.1) is 5.92 Å². The van der Waals surface area contributed by atoms with Crippen molar-refractivity contribution in [2.75, 3.05) is 6.54 Å². The molecule has 20 heavy (non-hydrogen) atoms. The van der Waals surface area contributed by atoms with Gasteiger partial charge in [-0.3, -0.25) is 0 Å². The Bertz CT molecular complexity index is 492. The van der Waals surface area contributed by atoms with E-state index in [1.54, 1.807) is 11.3 Å². The number of hydrogen-bond acceptors (Lipinski definition) is 3. The third kappa shape index (κ3) is 4.20. The first-order valence-electron chi connectivity index (χ1n) is 7.26. The van der Waals surface area contributed by atoms with Gasteiger partial charge < -0.3 is 15.0 Å². The molecule has 0 amide bonds. The first-order chi connectivity index (χ1) is 9.70. The van der Waals surface area contributed by atoms with Gasteiger partial charge in [0, 0.05) is 29.9 Å². The summed E-state index contributed by atoms with van der Waals surface area (Å²) in [5, 5.41) is 15.4. The average molecular weight is 292 g/mol. The minimum absolute atomic E-state index is 0.263. The highest BCUT2D eigenvalue weighted by Gasteiger charge is 2.11. The van der Waals surface area contributed by atoms with Gasteiger partial charge in [0.2, 0.25) is 0 Å². The molecule has 2 heterocycles. The van der Waals surface area contributed by atoms with Crippen LogP contribution in [-0.2, 0) is 13.1 Å². The number of rotatable bonds is 8. The van der Waals surface area contributed by atoms with Gasteiger partial charge in [0.05, 0.1) is 12.6 Å². The lowest BCUT2D eigenvalue weighted by Gasteiger charge is -2.18. The number of hydrogen-bond donors (Lipinski definition) is 2. The lowest BCUT2D eigenvalue weighted by molar-refractivity contribution is 0.112. The van der Waals surface area contributed by atoms with Crippen molar-refractivity contribution in [1.82, 2.24) is 9.88 Å². The fourth-order valence-electron chi connectivity index (χ4n) is 2.16. The molecule has 0 fully saturated rings. The van der Waals surface area contributed by atoms with E-state index in [1.807, 2.05) is 0 Å². The van der Waals surface area contributed by atoms with Crippen molar-refractivity contribution in [3.05, 3.63) is 46.4 Å². The Morgan fingerprint density at radius 1 is 1.35 bits per heavy atom. The molecule has 0 aliphatic rings. The first kappa shape index (κ1) is 15.3. The van der Waals surface area contributed by atoms with Crippen LogP contribution < -0.4 is 5.32 Å². The molecule has 4 heteroatoms. The molecular formula is C16H24N2OS. The van der Waals surface area contributed by atoms with Gasteiger partial charge in [0.15, 0.2) is 0 Å². The molecular weight excluding hydrogens is 268 g/mol. The minimum atomic E-state index is -0.263. The second-order valence-electron chi connectivity index (χ2n) is 5.29. The van der Waals surface area contributed by atoms with E-state index in [1.165, 1.54) is 10.6 Å². The second-order valence-corrected chi connectivity index (χ2v) is 6.32. The second kappa shape index (κ2) is 7.62. The van der Waals surface area contributed by atoms with Crippen molar-refractivity contribution in [1.29, 1.82) is 0 Å². The first-order valence-corrected chi connectivity index (χ1v) is 8.13. The maximum absolute atomic E-state index is 9.96. The molecule has 2 unspecified atom stereocenters. The van der Waals surface area contributed by atoms with Crippen molar-refractivity contribution in [2.45, 2.75) is 39.5 Å². The summed E-state index contributed by atoms with van der Waals surface area (Å²) >= 11 is 1.78. The van der Waals surface area contributed by atoms with E-state index in [4.69, 9.17) is 0 Å². The fourth-order valence-corrected chi connectivity index (χ4v) is 2.86. The molecule has 0 saturated heterocycles. The van der Waals surface area contributed by atoms with Gasteiger partial charge in [-0.15, -0.1) is 11.3 Å². The van der Waals surface area contributed by atoms with Crippen molar-refractivity contribution in [3.63, 3.8) is 0 Å². The lowest BCUT2D eigenvalue weighted by Crippen LogP contribution is -2.31. The van der Waals surface area contributed by atoms with E-state index in [0.717, 1.165) is 19.5 Å². The molecule has 0 aliphatic carbocycles. The summed E-state index contributed by atoms with van der Waals surface area (Å²) in [4.78, 5) is 1.36. The Hall–Kier alpha value is -1.10. The van der Waals surface area contributed by atoms with Crippen LogP contribution in [0.15, 0.2) is 35.8 Å². The maximum atomic E-state index is 9.96. The van der Waals surface area contributed by atoms with Gasteiger partial charge in [-0.1, -0.05) is 26.3 Å². The Balaban J connectivity index is 1.83. The molecule has 0 radical (unpaired) electrons. The molecule has 3 nitrogen and oxygen atoms in total. The van der Waals surface area contributed by atoms with E-state index >= 15 is 0 Å². The summed E-state index contributed by atoms with van der Waals surface area (Å²) in [5.74, 6) is 0.348. The van der Waals surface area contributed by atoms with E-state index in [9.17, 15) is 5.11 Å². The van der Waals surface area contributed by atoms with Crippen LogP contribution in [0.5, 0.6) is 0 Å². The zero-order chi connectivity index (χ0) is 14.4. The van der Waals surface area contributed by atoms with Crippen molar-refractivity contribution in [3.8, 4) is 0 Å². The molecule has 0 bridgehead atoms. The summed E-state index contributed by atoms with van der Waals surface area (Å²) in [6.45, 7) is 6.58. The van der Waals surface area contributed by atoms with Crippen LogP contribution in [0.25, 0.3) is 0 Å². The topological polar surface area (TPSA) is 37.2 Å². The Labute approximate surface area is 125 Å². The smallest absolute Gasteiger partial charge is 0.0690 e. The largest absolute Gasteiger partial charge is 0.392 e. The van der Waals surface area contributed by atoms with Crippen molar-refractivity contribution >= 4 is 11.3 Å². The molecule has 110 valence electrons. The Morgan fingerprint density at radius 2 is 2.20 bits per heavy atom. The maximum Gasteiger partial charge on any atom is 0.0690 e. The number of aromatic nitrogens is 1. The van der Waals surface area contributed by atoms with Crippen LogP contribution in [0.1, 0.15) is 30.8 Å². The van der Waals surface area contributed by atoms with Gasteiger partial charge in [-0.25, -0.2) is 0 Å². The average Bonchev–Trinajstić information content (AvgIpc) is 3.10. The highest BCUT2D eigenvalue weighted by molar-refractivity contribution is 7.09. The molecule has 2 atom stereocenters. The molecule has 0 saturated carbocycles. The monoisotopic (exact) mass is 292 g/mol. The number of aliphatic hydroxyl groups excluding tert-OH is 1. The zero-order valence-electron chi connectivity index (χ0n) is 12.2. The van der Waals surface area contributed by atoms with Crippen LogP contribution in [0.4, 0.5) is 0 Å². The predicted octanol–water partition coefficient (Wildman–Crippen LogP) is 3.09. The Kier molecular flexibility index (Phi) is 5.83. The van der Waals surface area contributed by atoms with Gasteiger partial charge in [0.25, 0.3) is 0 Å². The lowest BCUT2D eigenvalue weighted by atomic mass is 10.0. The normalized spacial score (nSPS) is 14.3. The highest BCUT2D eigenvalue weighted by atomic mass is 32.1. The van der Waals surface area contributed by atoms with Gasteiger partial charge in [0.1, 0.15) is 0 Å². The van der Waals surface area contributed by atoms with Crippen LogP contribution >= 0.6 is 11.3 Å². The predicted molar refractivity (Wildman–Crippen MR) is 85.0 cm³/mol. The number of nitrogens with one attached hydrogen (secondary N) is 1. The standard InChI is InChI=1S/C16H24N2OS/c1-3-13(2)16(19)11-17-10-14-6-4-8-18(14)12-15-7-5-9-20-15/h4-9,13,16-17,19H,3,10-12H2,1-2H3. The summed E-state index contributed by atoms with van der Waals surface area (Å²) < 4.78 is 2.26. The number of aliphatic hydroxyl groups is 1. The molecule has 0 spiro atoms. The minimum Gasteiger partial charge on any atom is -0.392 e. The zero-order valence-corrected chi connectivity index (χ0v) is 13.1. The van der Waals surface area contributed by atoms with Gasteiger partial charge >= 0.3 is 0 Å². The number of thiophene rings is 1. The third-order valence-corrected chi connectivity index (χ3v) is 4.65. The highest BCUT2D eigenvalue weighted by Crippen LogP contribution is 2.13. The molecule has 2 N–H and O–H groups in total. The van der Waals surface area contributed by atoms with Gasteiger partial charge in [-0.2, -0.15) is 0 Å². The summed E-state index contributed by atoms with van der Waals surface area (Å²) in [7, 11) is 0. The summed E-state index contributed by atoms with van der Waals surface area (Å²) in [6, 6.07) is 8.46. The third-order valence-electron chi connectivity index (χ3n) is 3.79. The summed E-state index contributed by atoms with van der Waals surface area (Å²) in [6.07, 6.45) is 2.86.